The number of nitrogens with zero attached hydrogens (tertiary/aromatic N) is 1. The summed E-state index contributed by atoms with van der Waals surface area (Å²) in [6, 6.07) is 0.241. The number of nitrogens with two attached hydrogens (primary N) is 1. The SMILES string of the molecule is COCCC(C)C(NN)C(C)(C)N1CCOCC1. The van der Waals surface area contributed by atoms with Gasteiger partial charge in [0.25, 0.3) is 0 Å². The van der Waals surface area contributed by atoms with Crippen molar-refractivity contribution in [2.45, 2.75) is 38.8 Å². The molecule has 0 radical (unpaired) electrons. The summed E-state index contributed by atoms with van der Waals surface area (Å²) in [6.07, 6.45) is 1.01. The molecule has 0 amide bonds. The van der Waals surface area contributed by atoms with E-state index in [1.54, 1.807) is 7.11 Å². The van der Waals surface area contributed by atoms with Crippen LogP contribution in [0.15, 0.2) is 0 Å². The highest BCUT2D eigenvalue weighted by Crippen LogP contribution is 2.26. The molecule has 5 nitrogen and oxygen atoms in total. The average molecular weight is 259 g/mol. The highest BCUT2D eigenvalue weighted by Gasteiger charge is 2.38. The minimum Gasteiger partial charge on any atom is -0.385 e. The third-order valence-electron chi connectivity index (χ3n) is 4.11. The molecular weight excluding hydrogens is 230 g/mol. The number of hydrazine groups is 1. The van der Waals surface area contributed by atoms with Crippen LogP contribution in [0.3, 0.4) is 0 Å². The number of ether oxygens (including phenoxy) is 2. The van der Waals surface area contributed by atoms with Gasteiger partial charge < -0.3 is 9.47 Å². The molecule has 1 rings (SSSR count). The van der Waals surface area contributed by atoms with E-state index in [9.17, 15) is 0 Å². The van der Waals surface area contributed by atoms with Crippen molar-refractivity contribution in [3.05, 3.63) is 0 Å². The second kappa shape index (κ2) is 7.40. The van der Waals surface area contributed by atoms with Crippen molar-refractivity contribution in [2.24, 2.45) is 11.8 Å². The van der Waals surface area contributed by atoms with Crippen molar-refractivity contribution in [3.63, 3.8) is 0 Å². The van der Waals surface area contributed by atoms with Crippen LogP contribution in [-0.4, -0.2) is 56.5 Å². The summed E-state index contributed by atoms with van der Waals surface area (Å²) >= 11 is 0. The third kappa shape index (κ3) is 3.90. The standard InChI is InChI=1S/C13H29N3O2/c1-11(5-8-17-4)12(15-14)13(2,3)16-6-9-18-10-7-16/h11-12,15H,5-10,14H2,1-4H3. The van der Waals surface area contributed by atoms with Gasteiger partial charge in [0.15, 0.2) is 0 Å². The Balaban J connectivity index is 2.64. The molecule has 0 aromatic heterocycles. The van der Waals surface area contributed by atoms with Gasteiger partial charge in [-0.2, -0.15) is 0 Å². The van der Waals surface area contributed by atoms with Gasteiger partial charge in [0.1, 0.15) is 0 Å². The van der Waals surface area contributed by atoms with Gasteiger partial charge >= 0.3 is 0 Å². The van der Waals surface area contributed by atoms with Gasteiger partial charge in [-0.25, -0.2) is 0 Å². The Morgan fingerprint density at radius 3 is 2.50 bits per heavy atom. The van der Waals surface area contributed by atoms with Gasteiger partial charge in [0.05, 0.1) is 13.2 Å². The Bertz CT molecular complexity index is 230. The predicted octanol–water partition coefficient (Wildman–Crippen LogP) is 0.602. The van der Waals surface area contributed by atoms with E-state index in [1.807, 2.05) is 0 Å². The molecular formula is C13H29N3O2. The third-order valence-corrected chi connectivity index (χ3v) is 4.11. The highest BCUT2D eigenvalue weighted by atomic mass is 16.5. The maximum absolute atomic E-state index is 5.79. The van der Waals surface area contributed by atoms with Gasteiger partial charge in [-0.15, -0.1) is 0 Å². The van der Waals surface area contributed by atoms with Crippen LogP contribution in [0.1, 0.15) is 27.2 Å². The fourth-order valence-corrected chi connectivity index (χ4v) is 2.87. The summed E-state index contributed by atoms with van der Waals surface area (Å²) in [5.41, 5.74) is 3.03. The molecule has 18 heavy (non-hydrogen) atoms. The van der Waals surface area contributed by atoms with E-state index >= 15 is 0 Å². The van der Waals surface area contributed by atoms with Crippen LogP contribution in [0.4, 0.5) is 0 Å². The molecule has 1 aliphatic heterocycles. The molecule has 5 heteroatoms. The zero-order chi connectivity index (χ0) is 13.6. The predicted molar refractivity (Wildman–Crippen MR) is 73.2 cm³/mol. The first kappa shape index (κ1) is 15.9. The van der Waals surface area contributed by atoms with Crippen LogP contribution in [-0.2, 0) is 9.47 Å². The fraction of sp³-hybridized carbons (Fsp3) is 1.00. The molecule has 0 aromatic rings. The molecule has 0 bridgehead atoms. The van der Waals surface area contributed by atoms with Gasteiger partial charge in [0, 0.05) is 38.4 Å². The Kier molecular flexibility index (Phi) is 6.52. The largest absolute Gasteiger partial charge is 0.385 e. The van der Waals surface area contributed by atoms with Crippen LogP contribution in [0, 0.1) is 5.92 Å². The van der Waals surface area contributed by atoms with Crippen LogP contribution < -0.4 is 11.3 Å². The second-order valence-corrected chi connectivity index (χ2v) is 5.66. The van der Waals surface area contributed by atoms with Gasteiger partial charge in [-0.05, 0) is 26.2 Å². The summed E-state index contributed by atoms with van der Waals surface area (Å²) in [7, 11) is 1.74. The molecule has 1 saturated heterocycles. The van der Waals surface area contributed by atoms with Crippen LogP contribution >= 0.6 is 0 Å². The lowest BCUT2D eigenvalue weighted by molar-refractivity contribution is -0.0323. The molecule has 0 spiro atoms. The van der Waals surface area contributed by atoms with Crippen LogP contribution in [0.2, 0.25) is 0 Å². The number of methoxy groups -OCH3 is 1. The molecule has 2 unspecified atom stereocenters. The lowest BCUT2D eigenvalue weighted by atomic mass is 9.82. The summed E-state index contributed by atoms with van der Waals surface area (Å²) in [5.74, 6) is 6.26. The maximum Gasteiger partial charge on any atom is 0.0594 e. The summed E-state index contributed by atoms with van der Waals surface area (Å²) < 4.78 is 10.6. The van der Waals surface area contributed by atoms with Gasteiger partial charge in [-0.3, -0.25) is 16.2 Å². The Morgan fingerprint density at radius 1 is 1.39 bits per heavy atom. The van der Waals surface area contributed by atoms with Gasteiger partial charge in [0.2, 0.25) is 0 Å². The summed E-state index contributed by atoms with van der Waals surface area (Å²) in [4.78, 5) is 2.46. The van der Waals surface area contributed by atoms with Crippen molar-refractivity contribution in [1.82, 2.24) is 10.3 Å². The van der Waals surface area contributed by atoms with Crippen molar-refractivity contribution < 1.29 is 9.47 Å². The molecule has 3 N–H and O–H groups in total. The molecule has 108 valence electrons. The topological polar surface area (TPSA) is 59.8 Å². The monoisotopic (exact) mass is 259 g/mol. The highest BCUT2D eigenvalue weighted by molar-refractivity contribution is 4.95. The van der Waals surface area contributed by atoms with Crippen molar-refractivity contribution in [2.75, 3.05) is 40.0 Å². The minimum atomic E-state index is 0.0195. The number of rotatable bonds is 7. The smallest absolute Gasteiger partial charge is 0.0594 e. The summed E-state index contributed by atoms with van der Waals surface area (Å²) in [6.45, 7) is 11.1. The van der Waals surface area contributed by atoms with Crippen molar-refractivity contribution in [1.29, 1.82) is 0 Å². The molecule has 1 aliphatic rings. The zero-order valence-corrected chi connectivity index (χ0v) is 12.2. The molecule has 1 heterocycles. The van der Waals surface area contributed by atoms with E-state index in [0.29, 0.717) is 5.92 Å². The van der Waals surface area contributed by atoms with Crippen LogP contribution in [0.5, 0.6) is 0 Å². The first-order chi connectivity index (χ1) is 8.54. The minimum absolute atomic E-state index is 0.0195. The van der Waals surface area contributed by atoms with E-state index in [2.05, 4.69) is 31.1 Å². The molecule has 0 saturated carbocycles. The Labute approximate surface area is 111 Å². The lowest BCUT2D eigenvalue weighted by Gasteiger charge is -2.47. The number of hydrogen-bond donors (Lipinski definition) is 2. The van der Waals surface area contributed by atoms with E-state index in [0.717, 1.165) is 39.3 Å². The first-order valence-corrected chi connectivity index (χ1v) is 6.82. The second-order valence-electron chi connectivity index (χ2n) is 5.66. The molecule has 0 aliphatic carbocycles. The molecule has 1 fully saturated rings. The van der Waals surface area contributed by atoms with E-state index in [1.165, 1.54) is 0 Å². The maximum atomic E-state index is 5.79. The van der Waals surface area contributed by atoms with E-state index in [-0.39, 0.29) is 11.6 Å². The Morgan fingerprint density at radius 2 is 2.00 bits per heavy atom. The van der Waals surface area contributed by atoms with Crippen LogP contribution in [0.25, 0.3) is 0 Å². The lowest BCUT2D eigenvalue weighted by Crippen LogP contribution is -2.63. The summed E-state index contributed by atoms with van der Waals surface area (Å²) in [5, 5.41) is 0. The molecule has 2 atom stereocenters. The normalized spacial score (nSPS) is 21.8. The number of morpholine rings is 1. The first-order valence-electron chi connectivity index (χ1n) is 6.82. The Hall–Kier alpha value is -0.200. The van der Waals surface area contributed by atoms with Crippen molar-refractivity contribution in [3.8, 4) is 0 Å². The van der Waals surface area contributed by atoms with Crippen molar-refractivity contribution >= 4 is 0 Å². The van der Waals surface area contributed by atoms with E-state index in [4.69, 9.17) is 15.3 Å². The average Bonchev–Trinajstić information content (AvgIpc) is 2.38. The van der Waals surface area contributed by atoms with E-state index < -0.39 is 0 Å². The number of nitrogens with one attached hydrogen (secondary N) is 1. The number of hydrogen-bond acceptors (Lipinski definition) is 5. The zero-order valence-electron chi connectivity index (χ0n) is 12.2. The quantitative estimate of drug-likeness (QED) is 0.518. The fourth-order valence-electron chi connectivity index (χ4n) is 2.87. The molecule has 0 aromatic carbocycles. The van der Waals surface area contributed by atoms with Gasteiger partial charge in [-0.1, -0.05) is 6.92 Å².